The molecular formula is C11H18N4O3. The molecule has 1 atom stereocenters. The Labute approximate surface area is 105 Å². The SMILES string of the molecule is Cc1ncc([N+](=O)[O-])n1CCN1CCCC1CO. The Morgan fingerprint density at radius 1 is 1.61 bits per heavy atom. The van der Waals surface area contributed by atoms with Gasteiger partial charge >= 0.3 is 5.82 Å². The molecule has 0 bridgehead atoms. The molecule has 18 heavy (non-hydrogen) atoms. The first kappa shape index (κ1) is 13.0. The first-order valence-electron chi connectivity index (χ1n) is 6.15. The Hall–Kier alpha value is -1.47. The Bertz CT molecular complexity index is 432. The largest absolute Gasteiger partial charge is 0.395 e. The summed E-state index contributed by atoms with van der Waals surface area (Å²) < 4.78 is 1.62. The van der Waals surface area contributed by atoms with Gasteiger partial charge in [-0.3, -0.25) is 4.90 Å². The highest BCUT2D eigenvalue weighted by Crippen LogP contribution is 2.18. The smallest absolute Gasteiger partial charge is 0.342 e. The van der Waals surface area contributed by atoms with Crippen LogP contribution in [-0.2, 0) is 6.54 Å². The summed E-state index contributed by atoms with van der Waals surface area (Å²) in [6.45, 7) is 4.13. The molecule has 0 amide bonds. The van der Waals surface area contributed by atoms with Gasteiger partial charge in [0.15, 0.2) is 5.82 Å². The lowest BCUT2D eigenvalue weighted by atomic mass is 10.2. The fourth-order valence-electron chi connectivity index (χ4n) is 2.50. The summed E-state index contributed by atoms with van der Waals surface area (Å²) >= 11 is 0. The van der Waals surface area contributed by atoms with Crippen LogP contribution in [0.15, 0.2) is 6.20 Å². The van der Waals surface area contributed by atoms with Gasteiger partial charge < -0.3 is 15.2 Å². The van der Waals surface area contributed by atoms with E-state index in [2.05, 4.69) is 9.88 Å². The van der Waals surface area contributed by atoms with Crippen LogP contribution in [0.25, 0.3) is 0 Å². The molecule has 100 valence electrons. The van der Waals surface area contributed by atoms with Crippen molar-refractivity contribution in [1.82, 2.24) is 14.5 Å². The number of nitro groups is 1. The van der Waals surface area contributed by atoms with Gasteiger partial charge in [-0.05, 0) is 24.3 Å². The number of hydrogen-bond acceptors (Lipinski definition) is 5. The fourth-order valence-corrected chi connectivity index (χ4v) is 2.50. The average molecular weight is 254 g/mol. The van der Waals surface area contributed by atoms with Gasteiger partial charge in [0, 0.05) is 19.5 Å². The summed E-state index contributed by atoms with van der Waals surface area (Å²) in [6, 6.07) is 0.202. The highest BCUT2D eigenvalue weighted by Gasteiger charge is 2.25. The molecule has 7 nitrogen and oxygen atoms in total. The number of aliphatic hydroxyl groups excluding tert-OH is 1. The van der Waals surface area contributed by atoms with Crippen LogP contribution in [0, 0.1) is 17.0 Å². The second kappa shape index (κ2) is 5.45. The summed E-state index contributed by atoms with van der Waals surface area (Å²) in [5, 5.41) is 20.1. The summed E-state index contributed by atoms with van der Waals surface area (Å²) in [4.78, 5) is 16.6. The van der Waals surface area contributed by atoms with E-state index in [1.165, 1.54) is 6.20 Å². The van der Waals surface area contributed by atoms with Crippen molar-refractivity contribution in [3.05, 3.63) is 22.1 Å². The Morgan fingerprint density at radius 2 is 2.39 bits per heavy atom. The van der Waals surface area contributed by atoms with Gasteiger partial charge in [-0.15, -0.1) is 0 Å². The third-order valence-corrected chi connectivity index (χ3v) is 3.54. The maximum Gasteiger partial charge on any atom is 0.342 e. The average Bonchev–Trinajstić information content (AvgIpc) is 2.92. The third kappa shape index (κ3) is 2.51. The van der Waals surface area contributed by atoms with E-state index in [4.69, 9.17) is 0 Å². The molecule has 1 N–H and O–H groups in total. The maximum atomic E-state index is 10.8. The molecule has 7 heteroatoms. The number of likely N-dealkylation sites (tertiary alicyclic amines) is 1. The summed E-state index contributed by atoms with van der Waals surface area (Å²) in [5.41, 5.74) is 0. The number of aryl methyl sites for hydroxylation is 1. The van der Waals surface area contributed by atoms with Crippen LogP contribution < -0.4 is 0 Å². The van der Waals surface area contributed by atoms with E-state index in [0.717, 1.165) is 19.4 Å². The first-order valence-corrected chi connectivity index (χ1v) is 6.15. The molecule has 0 aromatic carbocycles. The van der Waals surface area contributed by atoms with E-state index < -0.39 is 4.92 Å². The molecule has 1 aliphatic rings. The second-order valence-corrected chi connectivity index (χ2v) is 4.59. The van der Waals surface area contributed by atoms with Crippen molar-refractivity contribution in [2.75, 3.05) is 19.7 Å². The molecular weight excluding hydrogens is 236 g/mol. The van der Waals surface area contributed by atoms with Gasteiger partial charge in [0.05, 0.1) is 6.61 Å². The number of aromatic nitrogens is 2. The van der Waals surface area contributed by atoms with Crippen LogP contribution >= 0.6 is 0 Å². The van der Waals surface area contributed by atoms with Crippen molar-refractivity contribution < 1.29 is 10.0 Å². The zero-order valence-electron chi connectivity index (χ0n) is 10.4. The molecule has 2 heterocycles. The maximum absolute atomic E-state index is 10.8. The number of nitrogens with zero attached hydrogens (tertiary/aromatic N) is 4. The van der Waals surface area contributed by atoms with E-state index in [0.29, 0.717) is 18.9 Å². The Kier molecular flexibility index (Phi) is 3.93. The van der Waals surface area contributed by atoms with E-state index in [1.54, 1.807) is 11.5 Å². The van der Waals surface area contributed by atoms with E-state index in [-0.39, 0.29) is 18.5 Å². The van der Waals surface area contributed by atoms with Crippen LogP contribution in [0.2, 0.25) is 0 Å². The summed E-state index contributed by atoms with van der Waals surface area (Å²) in [6.07, 6.45) is 3.38. The van der Waals surface area contributed by atoms with E-state index >= 15 is 0 Å². The third-order valence-electron chi connectivity index (χ3n) is 3.54. The lowest BCUT2D eigenvalue weighted by Gasteiger charge is -2.21. The second-order valence-electron chi connectivity index (χ2n) is 4.59. The van der Waals surface area contributed by atoms with Crippen LogP contribution in [0.5, 0.6) is 0 Å². The Morgan fingerprint density at radius 3 is 3.06 bits per heavy atom. The predicted octanol–water partition coefficient (Wildman–Crippen LogP) is 0.556. The lowest BCUT2D eigenvalue weighted by Crippen LogP contribution is -2.35. The van der Waals surface area contributed by atoms with Crippen molar-refractivity contribution in [1.29, 1.82) is 0 Å². The van der Waals surface area contributed by atoms with E-state index in [1.807, 2.05) is 0 Å². The van der Waals surface area contributed by atoms with Gasteiger partial charge in [-0.2, -0.15) is 0 Å². The topological polar surface area (TPSA) is 84.4 Å². The number of imidazole rings is 1. The van der Waals surface area contributed by atoms with Gasteiger partial charge in [-0.25, -0.2) is 9.55 Å². The van der Waals surface area contributed by atoms with Gasteiger partial charge in [0.1, 0.15) is 12.7 Å². The molecule has 2 rings (SSSR count). The zero-order valence-corrected chi connectivity index (χ0v) is 10.4. The van der Waals surface area contributed by atoms with Crippen LogP contribution in [-0.4, -0.2) is 50.2 Å². The molecule has 0 spiro atoms. The monoisotopic (exact) mass is 254 g/mol. The molecule has 1 aromatic rings. The first-order chi connectivity index (χ1) is 8.63. The molecule has 1 aliphatic heterocycles. The van der Waals surface area contributed by atoms with Gasteiger partial charge in [0.2, 0.25) is 0 Å². The summed E-state index contributed by atoms with van der Waals surface area (Å²) in [7, 11) is 0. The minimum Gasteiger partial charge on any atom is -0.395 e. The minimum absolute atomic E-state index is 0.0345. The number of rotatable bonds is 5. The van der Waals surface area contributed by atoms with Crippen LogP contribution in [0.1, 0.15) is 18.7 Å². The zero-order chi connectivity index (χ0) is 13.1. The molecule has 0 saturated carbocycles. The molecule has 1 aromatic heterocycles. The quantitative estimate of drug-likeness (QED) is 0.613. The van der Waals surface area contributed by atoms with Crippen molar-refractivity contribution in [2.45, 2.75) is 32.4 Å². The standard InChI is InChI=1S/C11H18N4O3/c1-9-12-7-11(15(17)18)14(9)6-5-13-4-2-3-10(13)8-16/h7,10,16H,2-6,8H2,1H3. The molecule has 0 aliphatic carbocycles. The highest BCUT2D eigenvalue weighted by atomic mass is 16.6. The van der Waals surface area contributed by atoms with Crippen molar-refractivity contribution >= 4 is 5.82 Å². The normalized spacial score (nSPS) is 20.4. The van der Waals surface area contributed by atoms with Crippen molar-refractivity contribution in [2.24, 2.45) is 0 Å². The number of hydrogen-bond donors (Lipinski definition) is 1. The fraction of sp³-hybridized carbons (Fsp3) is 0.727. The van der Waals surface area contributed by atoms with Crippen molar-refractivity contribution in [3.63, 3.8) is 0 Å². The predicted molar refractivity (Wildman–Crippen MR) is 65.3 cm³/mol. The minimum atomic E-state index is -0.409. The molecule has 1 saturated heterocycles. The molecule has 0 radical (unpaired) electrons. The van der Waals surface area contributed by atoms with Crippen LogP contribution in [0.3, 0.4) is 0 Å². The van der Waals surface area contributed by atoms with Crippen molar-refractivity contribution in [3.8, 4) is 0 Å². The summed E-state index contributed by atoms with van der Waals surface area (Å²) in [5.74, 6) is 0.689. The highest BCUT2D eigenvalue weighted by molar-refractivity contribution is 5.18. The van der Waals surface area contributed by atoms with Gasteiger partial charge in [-0.1, -0.05) is 0 Å². The lowest BCUT2D eigenvalue weighted by molar-refractivity contribution is -0.392. The van der Waals surface area contributed by atoms with Crippen LogP contribution in [0.4, 0.5) is 5.82 Å². The van der Waals surface area contributed by atoms with E-state index in [9.17, 15) is 15.2 Å². The van der Waals surface area contributed by atoms with Gasteiger partial charge in [0.25, 0.3) is 0 Å². The Balaban J connectivity index is 2.01. The number of aliphatic hydroxyl groups is 1. The molecule has 1 unspecified atom stereocenters. The molecule has 1 fully saturated rings.